The molecule has 0 fully saturated rings. The standard InChI is InChI=1S/C20H27FN4.HI/c1-22-20(23-14-17-10-7-11-18(21)12-17)24-15-19(25(2)3)13-16-8-5-4-6-9-16;/h4-12,19H,13-15H2,1-3H3,(H2,22,23,24);1H. The number of benzene rings is 2. The van der Waals surface area contributed by atoms with Crippen LogP contribution in [0.25, 0.3) is 0 Å². The second-order valence-corrected chi connectivity index (χ2v) is 6.24. The Labute approximate surface area is 172 Å². The molecule has 0 saturated heterocycles. The van der Waals surface area contributed by atoms with E-state index < -0.39 is 0 Å². The van der Waals surface area contributed by atoms with Gasteiger partial charge in [-0.2, -0.15) is 0 Å². The quantitative estimate of drug-likeness (QED) is 0.371. The molecule has 2 aromatic rings. The van der Waals surface area contributed by atoms with E-state index in [1.165, 1.54) is 17.7 Å². The topological polar surface area (TPSA) is 39.7 Å². The average molecular weight is 470 g/mol. The predicted molar refractivity (Wildman–Crippen MR) is 118 cm³/mol. The molecule has 0 spiro atoms. The van der Waals surface area contributed by atoms with Gasteiger partial charge in [0.1, 0.15) is 5.82 Å². The van der Waals surface area contributed by atoms with E-state index in [9.17, 15) is 4.39 Å². The van der Waals surface area contributed by atoms with Gasteiger partial charge in [-0.1, -0.05) is 42.5 Å². The number of nitrogens with one attached hydrogen (secondary N) is 2. The summed E-state index contributed by atoms with van der Waals surface area (Å²) in [5, 5.41) is 6.58. The van der Waals surface area contributed by atoms with Crippen molar-refractivity contribution in [3.05, 3.63) is 71.5 Å². The third kappa shape index (κ3) is 7.70. The van der Waals surface area contributed by atoms with Gasteiger partial charge < -0.3 is 15.5 Å². The number of hydrogen-bond acceptors (Lipinski definition) is 2. The highest BCUT2D eigenvalue weighted by molar-refractivity contribution is 14.0. The van der Waals surface area contributed by atoms with Crippen molar-refractivity contribution in [1.82, 2.24) is 15.5 Å². The minimum absolute atomic E-state index is 0. The number of nitrogens with zero attached hydrogens (tertiary/aromatic N) is 2. The Balaban J connectivity index is 0.00000338. The molecule has 0 aliphatic carbocycles. The molecular weight excluding hydrogens is 442 g/mol. The van der Waals surface area contributed by atoms with Gasteiger partial charge in [0.15, 0.2) is 5.96 Å². The molecular formula is C20H28FIN4. The molecule has 6 heteroatoms. The highest BCUT2D eigenvalue weighted by atomic mass is 127. The van der Waals surface area contributed by atoms with Crippen LogP contribution in [0.4, 0.5) is 4.39 Å². The van der Waals surface area contributed by atoms with Crippen molar-refractivity contribution in [2.45, 2.75) is 19.0 Å². The van der Waals surface area contributed by atoms with Crippen molar-refractivity contribution in [3.63, 3.8) is 0 Å². The van der Waals surface area contributed by atoms with Crippen LogP contribution in [-0.2, 0) is 13.0 Å². The summed E-state index contributed by atoms with van der Waals surface area (Å²) >= 11 is 0. The lowest BCUT2D eigenvalue weighted by Gasteiger charge is -2.25. The molecule has 0 aliphatic heterocycles. The Bertz CT molecular complexity index is 677. The number of likely N-dealkylation sites (N-methyl/N-ethyl adjacent to an activating group) is 1. The first-order valence-electron chi connectivity index (χ1n) is 8.48. The normalized spacial score (nSPS) is 12.4. The smallest absolute Gasteiger partial charge is 0.191 e. The van der Waals surface area contributed by atoms with Crippen LogP contribution in [0, 0.1) is 5.82 Å². The Morgan fingerprint density at radius 3 is 2.35 bits per heavy atom. The summed E-state index contributed by atoms with van der Waals surface area (Å²) in [4.78, 5) is 6.45. The lowest BCUT2D eigenvalue weighted by molar-refractivity contribution is 0.290. The Morgan fingerprint density at radius 2 is 1.73 bits per heavy atom. The summed E-state index contributed by atoms with van der Waals surface area (Å²) in [7, 11) is 5.90. The molecule has 0 aromatic heterocycles. The van der Waals surface area contributed by atoms with Crippen molar-refractivity contribution < 1.29 is 4.39 Å². The summed E-state index contributed by atoms with van der Waals surface area (Å²) in [6.07, 6.45) is 0.960. The molecule has 2 rings (SSSR count). The largest absolute Gasteiger partial charge is 0.355 e. The van der Waals surface area contributed by atoms with Crippen LogP contribution in [0.3, 0.4) is 0 Å². The van der Waals surface area contributed by atoms with Gasteiger partial charge in [-0.05, 0) is 43.8 Å². The molecule has 0 heterocycles. The minimum atomic E-state index is -0.224. The van der Waals surface area contributed by atoms with Crippen molar-refractivity contribution in [1.29, 1.82) is 0 Å². The maximum atomic E-state index is 13.2. The van der Waals surface area contributed by atoms with E-state index in [-0.39, 0.29) is 29.8 Å². The van der Waals surface area contributed by atoms with Crippen LogP contribution in [0.1, 0.15) is 11.1 Å². The zero-order chi connectivity index (χ0) is 18.1. The summed E-state index contributed by atoms with van der Waals surface area (Å²) in [6, 6.07) is 17.4. The number of hydrogen-bond donors (Lipinski definition) is 2. The second-order valence-electron chi connectivity index (χ2n) is 6.24. The van der Waals surface area contributed by atoms with E-state index in [0.29, 0.717) is 18.5 Å². The molecule has 1 atom stereocenters. The van der Waals surface area contributed by atoms with E-state index in [4.69, 9.17) is 0 Å². The molecule has 0 bridgehead atoms. The van der Waals surface area contributed by atoms with Crippen molar-refractivity contribution >= 4 is 29.9 Å². The van der Waals surface area contributed by atoms with Crippen LogP contribution >= 0.6 is 24.0 Å². The zero-order valence-corrected chi connectivity index (χ0v) is 17.9. The van der Waals surface area contributed by atoms with E-state index in [2.05, 4.69) is 58.9 Å². The summed E-state index contributed by atoms with van der Waals surface area (Å²) < 4.78 is 13.2. The fraction of sp³-hybridized carbons (Fsp3) is 0.350. The molecule has 0 radical (unpaired) electrons. The summed E-state index contributed by atoms with van der Waals surface area (Å²) in [6.45, 7) is 1.30. The third-order valence-corrected chi connectivity index (χ3v) is 4.12. The third-order valence-electron chi connectivity index (χ3n) is 4.12. The monoisotopic (exact) mass is 470 g/mol. The van der Waals surface area contributed by atoms with Gasteiger partial charge in [0.25, 0.3) is 0 Å². The van der Waals surface area contributed by atoms with Crippen LogP contribution < -0.4 is 10.6 Å². The predicted octanol–water partition coefficient (Wildman–Crippen LogP) is 3.28. The van der Waals surface area contributed by atoms with Gasteiger partial charge >= 0.3 is 0 Å². The van der Waals surface area contributed by atoms with Crippen LogP contribution in [0.2, 0.25) is 0 Å². The SMILES string of the molecule is CN=C(NCc1cccc(F)c1)NCC(Cc1ccccc1)N(C)C.I. The summed E-state index contributed by atoms with van der Waals surface area (Å²) in [5.74, 6) is 0.488. The molecule has 1 unspecified atom stereocenters. The first-order valence-corrected chi connectivity index (χ1v) is 8.48. The van der Waals surface area contributed by atoms with Gasteiger partial charge in [0, 0.05) is 26.2 Å². The van der Waals surface area contributed by atoms with Crippen LogP contribution in [0.5, 0.6) is 0 Å². The number of guanidine groups is 1. The van der Waals surface area contributed by atoms with Gasteiger partial charge in [-0.25, -0.2) is 4.39 Å². The first kappa shape index (κ1) is 22.4. The molecule has 0 amide bonds. The Morgan fingerprint density at radius 1 is 1.04 bits per heavy atom. The second kappa shape index (κ2) is 11.9. The molecule has 142 valence electrons. The van der Waals surface area contributed by atoms with Crippen molar-refractivity contribution in [3.8, 4) is 0 Å². The van der Waals surface area contributed by atoms with Crippen LogP contribution in [0.15, 0.2) is 59.6 Å². The fourth-order valence-electron chi connectivity index (χ4n) is 2.59. The molecule has 26 heavy (non-hydrogen) atoms. The molecule has 0 aliphatic rings. The maximum Gasteiger partial charge on any atom is 0.191 e. The zero-order valence-electron chi connectivity index (χ0n) is 15.6. The lowest BCUT2D eigenvalue weighted by Crippen LogP contribution is -2.45. The van der Waals surface area contributed by atoms with Gasteiger partial charge in [0.2, 0.25) is 0 Å². The van der Waals surface area contributed by atoms with E-state index in [1.54, 1.807) is 13.1 Å². The Hall–Kier alpha value is -1.67. The van der Waals surface area contributed by atoms with Crippen molar-refractivity contribution in [2.24, 2.45) is 4.99 Å². The number of rotatable bonds is 7. The molecule has 4 nitrogen and oxygen atoms in total. The van der Waals surface area contributed by atoms with E-state index >= 15 is 0 Å². The highest BCUT2D eigenvalue weighted by Gasteiger charge is 2.13. The van der Waals surface area contributed by atoms with Gasteiger partial charge in [0.05, 0.1) is 0 Å². The minimum Gasteiger partial charge on any atom is -0.355 e. The Kier molecular flexibility index (Phi) is 10.2. The molecule has 2 N–H and O–H groups in total. The maximum absolute atomic E-state index is 13.2. The molecule has 0 saturated carbocycles. The molecule has 2 aromatic carbocycles. The van der Waals surface area contributed by atoms with Gasteiger partial charge in [-0.3, -0.25) is 4.99 Å². The highest BCUT2D eigenvalue weighted by Crippen LogP contribution is 2.06. The number of halogens is 2. The number of aliphatic imine (C=N–C) groups is 1. The van der Waals surface area contributed by atoms with Crippen LogP contribution in [-0.4, -0.2) is 44.6 Å². The first-order chi connectivity index (χ1) is 12.1. The van der Waals surface area contributed by atoms with Gasteiger partial charge in [-0.15, -0.1) is 24.0 Å². The summed E-state index contributed by atoms with van der Waals surface area (Å²) in [5.41, 5.74) is 2.20. The average Bonchev–Trinajstić information content (AvgIpc) is 2.61. The lowest BCUT2D eigenvalue weighted by atomic mass is 10.1. The fourth-order valence-corrected chi connectivity index (χ4v) is 2.59. The van der Waals surface area contributed by atoms with Crippen molar-refractivity contribution in [2.75, 3.05) is 27.7 Å². The van der Waals surface area contributed by atoms with E-state index in [1.807, 2.05) is 12.1 Å². The van der Waals surface area contributed by atoms with E-state index in [0.717, 1.165) is 18.5 Å².